The fourth-order valence-corrected chi connectivity index (χ4v) is 3.01. The maximum Gasteiger partial charge on any atom is 0.251 e. The Hall–Kier alpha value is -1.16. The third-order valence-corrected chi connectivity index (χ3v) is 3.79. The van der Waals surface area contributed by atoms with Crippen LogP contribution in [0.5, 0.6) is 0 Å². The predicted molar refractivity (Wildman–Crippen MR) is 68.8 cm³/mol. The molecule has 1 atom stereocenters. The monoisotopic (exact) mass is 236 g/mol. The molecule has 16 heavy (non-hydrogen) atoms. The molecule has 1 amide bonds. The van der Waals surface area contributed by atoms with Crippen molar-refractivity contribution in [1.82, 2.24) is 5.32 Å². The number of rotatable bonds is 2. The Morgan fingerprint density at radius 2 is 2.31 bits per heavy atom. The normalized spacial score (nSPS) is 19.7. The number of carbonyl (C=O) groups is 1. The molecule has 2 rings (SSSR count). The Kier molecular flexibility index (Phi) is 3.39. The second kappa shape index (κ2) is 4.78. The lowest BCUT2D eigenvalue weighted by Gasteiger charge is -2.12. The van der Waals surface area contributed by atoms with Crippen LogP contribution in [0.3, 0.4) is 0 Å². The van der Waals surface area contributed by atoms with Gasteiger partial charge >= 0.3 is 0 Å². The number of amides is 1. The molecule has 1 unspecified atom stereocenters. The summed E-state index contributed by atoms with van der Waals surface area (Å²) in [5.41, 5.74) is 8.05. The molecule has 1 heterocycles. The Morgan fingerprint density at radius 3 is 2.94 bits per heavy atom. The summed E-state index contributed by atoms with van der Waals surface area (Å²) < 4.78 is 0. The molecular weight excluding hydrogens is 220 g/mol. The van der Waals surface area contributed by atoms with E-state index in [1.807, 2.05) is 30.8 Å². The molecule has 1 aliphatic heterocycles. The summed E-state index contributed by atoms with van der Waals surface area (Å²) >= 11 is 1.89. The molecule has 1 aliphatic rings. The van der Waals surface area contributed by atoms with Gasteiger partial charge in [0.1, 0.15) is 0 Å². The molecule has 1 fully saturated rings. The molecule has 86 valence electrons. The Morgan fingerprint density at radius 1 is 1.50 bits per heavy atom. The van der Waals surface area contributed by atoms with Crippen LogP contribution in [-0.2, 0) is 0 Å². The average molecular weight is 236 g/mol. The highest BCUT2D eigenvalue weighted by atomic mass is 32.2. The van der Waals surface area contributed by atoms with Gasteiger partial charge in [-0.1, -0.05) is 0 Å². The van der Waals surface area contributed by atoms with Crippen LogP contribution in [0.4, 0.5) is 5.69 Å². The van der Waals surface area contributed by atoms with Crippen molar-refractivity contribution in [3.05, 3.63) is 29.3 Å². The van der Waals surface area contributed by atoms with E-state index in [1.165, 1.54) is 0 Å². The number of aryl methyl sites for hydroxylation is 1. The minimum Gasteiger partial charge on any atom is -0.399 e. The quantitative estimate of drug-likeness (QED) is 0.770. The van der Waals surface area contributed by atoms with Gasteiger partial charge in [0.25, 0.3) is 5.91 Å². The summed E-state index contributed by atoms with van der Waals surface area (Å²) in [5.74, 6) is 2.15. The number of nitrogens with one attached hydrogen (secondary N) is 1. The van der Waals surface area contributed by atoms with Crippen molar-refractivity contribution in [3.63, 3.8) is 0 Å². The molecule has 1 saturated heterocycles. The SMILES string of the molecule is Cc1cc(N)cc(C(=O)NC2CCSC2)c1. The van der Waals surface area contributed by atoms with Crippen LogP contribution in [-0.4, -0.2) is 23.5 Å². The second-order valence-electron chi connectivity index (χ2n) is 4.17. The van der Waals surface area contributed by atoms with Crippen molar-refractivity contribution in [2.75, 3.05) is 17.2 Å². The van der Waals surface area contributed by atoms with Gasteiger partial charge in [0, 0.05) is 23.0 Å². The van der Waals surface area contributed by atoms with Crippen molar-refractivity contribution in [2.24, 2.45) is 0 Å². The number of anilines is 1. The summed E-state index contributed by atoms with van der Waals surface area (Å²) in [4.78, 5) is 11.9. The highest BCUT2D eigenvalue weighted by Gasteiger charge is 2.18. The summed E-state index contributed by atoms with van der Waals surface area (Å²) in [5, 5.41) is 3.03. The average Bonchev–Trinajstić information content (AvgIpc) is 2.68. The van der Waals surface area contributed by atoms with Crippen molar-refractivity contribution < 1.29 is 4.79 Å². The lowest BCUT2D eigenvalue weighted by Crippen LogP contribution is -2.34. The van der Waals surface area contributed by atoms with Crippen molar-refractivity contribution in [2.45, 2.75) is 19.4 Å². The van der Waals surface area contributed by atoms with E-state index < -0.39 is 0 Å². The van der Waals surface area contributed by atoms with Crippen molar-refractivity contribution >= 4 is 23.4 Å². The highest BCUT2D eigenvalue weighted by molar-refractivity contribution is 7.99. The molecule has 0 spiro atoms. The largest absolute Gasteiger partial charge is 0.399 e. The first-order valence-corrected chi connectivity index (χ1v) is 6.56. The molecule has 3 N–H and O–H groups in total. The number of benzene rings is 1. The standard InChI is InChI=1S/C12H16N2OS/c1-8-4-9(6-10(13)5-8)12(15)14-11-2-3-16-7-11/h4-6,11H,2-3,7,13H2,1H3,(H,14,15). The van der Waals surface area contributed by atoms with Crippen LogP contribution in [0, 0.1) is 6.92 Å². The summed E-state index contributed by atoms with van der Waals surface area (Å²) in [6.45, 7) is 1.94. The van der Waals surface area contributed by atoms with E-state index in [0.29, 0.717) is 17.3 Å². The third kappa shape index (κ3) is 2.70. The summed E-state index contributed by atoms with van der Waals surface area (Å²) in [6.07, 6.45) is 1.07. The molecule has 0 aliphatic carbocycles. The van der Waals surface area contributed by atoms with Gasteiger partial charge in [0.05, 0.1) is 0 Å². The van der Waals surface area contributed by atoms with E-state index in [-0.39, 0.29) is 5.91 Å². The molecule has 0 radical (unpaired) electrons. The van der Waals surface area contributed by atoms with Crippen molar-refractivity contribution in [3.8, 4) is 0 Å². The fourth-order valence-electron chi connectivity index (χ4n) is 1.86. The number of nitrogens with two attached hydrogens (primary N) is 1. The molecule has 0 aromatic heterocycles. The Bertz CT molecular complexity index is 380. The molecule has 0 bridgehead atoms. The molecule has 4 heteroatoms. The zero-order valence-corrected chi connectivity index (χ0v) is 10.1. The van der Waals surface area contributed by atoms with E-state index >= 15 is 0 Å². The second-order valence-corrected chi connectivity index (χ2v) is 5.32. The van der Waals surface area contributed by atoms with Crippen LogP contribution in [0.25, 0.3) is 0 Å². The minimum atomic E-state index is -0.0112. The van der Waals surface area contributed by atoms with Gasteiger partial charge in [-0.25, -0.2) is 0 Å². The summed E-state index contributed by atoms with van der Waals surface area (Å²) in [7, 11) is 0. The van der Waals surface area contributed by atoms with E-state index in [0.717, 1.165) is 23.5 Å². The van der Waals surface area contributed by atoms with E-state index in [1.54, 1.807) is 6.07 Å². The first kappa shape index (κ1) is 11.3. The van der Waals surface area contributed by atoms with Crippen molar-refractivity contribution in [1.29, 1.82) is 0 Å². The van der Waals surface area contributed by atoms with Crippen LogP contribution in [0.1, 0.15) is 22.3 Å². The Labute approximate surface area is 99.8 Å². The lowest BCUT2D eigenvalue weighted by molar-refractivity contribution is 0.0941. The van der Waals surface area contributed by atoms with Crippen LogP contribution >= 0.6 is 11.8 Å². The first-order valence-electron chi connectivity index (χ1n) is 5.41. The van der Waals surface area contributed by atoms with E-state index in [2.05, 4.69) is 5.32 Å². The van der Waals surface area contributed by atoms with E-state index in [9.17, 15) is 4.79 Å². The highest BCUT2D eigenvalue weighted by Crippen LogP contribution is 2.18. The number of carbonyl (C=O) groups excluding carboxylic acids is 1. The van der Waals surface area contributed by atoms with Gasteiger partial charge in [-0.3, -0.25) is 4.79 Å². The maximum atomic E-state index is 11.9. The van der Waals surface area contributed by atoms with Gasteiger partial charge < -0.3 is 11.1 Å². The topological polar surface area (TPSA) is 55.1 Å². The van der Waals surface area contributed by atoms with Crippen LogP contribution < -0.4 is 11.1 Å². The molecule has 0 saturated carbocycles. The van der Waals surface area contributed by atoms with Gasteiger partial charge in [0.15, 0.2) is 0 Å². The third-order valence-electron chi connectivity index (χ3n) is 2.63. The number of nitrogen functional groups attached to an aromatic ring is 1. The number of hydrogen-bond acceptors (Lipinski definition) is 3. The lowest BCUT2D eigenvalue weighted by atomic mass is 10.1. The predicted octanol–water partition coefficient (Wildman–Crippen LogP) is 1.81. The molecule has 1 aromatic rings. The maximum absolute atomic E-state index is 11.9. The number of hydrogen-bond donors (Lipinski definition) is 2. The Balaban J connectivity index is 2.07. The van der Waals surface area contributed by atoms with Gasteiger partial charge in [-0.15, -0.1) is 0 Å². The molecule has 1 aromatic carbocycles. The van der Waals surface area contributed by atoms with Gasteiger partial charge in [-0.2, -0.15) is 11.8 Å². The minimum absolute atomic E-state index is 0.0112. The summed E-state index contributed by atoms with van der Waals surface area (Å²) in [6, 6.07) is 5.78. The van der Waals surface area contributed by atoms with Crippen LogP contribution in [0.2, 0.25) is 0 Å². The van der Waals surface area contributed by atoms with Gasteiger partial charge in [0.2, 0.25) is 0 Å². The molecular formula is C12H16N2OS. The zero-order chi connectivity index (χ0) is 11.5. The van der Waals surface area contributed by atoms with E-state index in [4.69, 9.17) is 5.73 Å². The number of thioether (sulfide) groups is 1. The van der Waals surface area contributed by atoms with Gasteiger partial charge in [-0.05, 0) is 42.9 Å². The zero-order valence-electron chi connectivity index (χ0n) is 9.32. The fraction of sp³-hybridized carbons (Fsp3) is 0.417. The first-order chi connectivity index (χ1) is 7.65. The smallest absolute Gasteiger partial charge is 0.251 e. The van der Waals surface area contributed by atoms with Crippen LogP contribution in [0.15, 0.2) is 18.2 Å². The molecule has 3 nitrogen and oxygen atoms in total.